The first-order chi connectivity index (χ1) is 9.19. The van der Waals surface area contributed by atoms with Gasteiger partial charge in [-0.15, -0.1) is 0 Å². The molecule has 20 heavy (non-hydrogen) atoms. The lowest BCUT2D eigenvalue weighted by Crippen LogP contribution is -2.45. The zero-order chi connectivity index (χ0) is 15.5. The fraction of sp³-hybridized carbons (Fsp3) is 0.333. The van der Waals surface area contributed by atoms with Gasteiger partial charge in [-0.2, -0.15) is 0 Å². The van der Waals surface area contributed by atoms with Gasteiger partial charge in [-0.1, -0.05) is 0 Å². The molecular weight excluding hydrogens is 266 g/mol. The minimum atomic E-state index is -1.21. The summed E-state index contributed by atoms with van der Waals surface area (Å²) >= 11 is 0. The van der Waals surface area contributed by atoms with Gasteiger partial charge in [0.25, 0.3) is 5.69 Å². The summed E-state index contributed by atoms with van der Waals surface area (Å²) in [6, 6.07) is 3.67. The standard InChI is InChI=1S/C12H15N3O5/c1-12(2,11(13)17)14-8-6-7(10(16)20-3)4-5-9(8)15(18)19/h4-6,14H,1-3H3,(H2,13,17). The minimum absolute atomic E-state index is 0.0155. The average molecular weight is 281 g/mol. The average Bonchev–Trinajstić information content (AvgIpc) is 2.36. The van der Waals surface area contributed by atoms with Gasteiger partial charge < -0.3 is 15.8 Å². The molecule has 1 aromatic rings. The maximum atomic E-state index is 11.4. The van der Waals surface area contributed by atoms with Gasteiger partial charge in [0.2, 0.25) is 5.91 Å². The Morgan fingerprint density at radius 3 is 2.45 bits per heavy atom. The molecule has 3 N–H and O–H groups in total. The second kappa shape index (κ2) is 5.55. The molecule has 0 atom stereocenters. The molecule has 0 aliphatic rings. The minimum Gasteiger partial charge on any atom is -0.465 e. The lowest BCUT2D eigenvalue weighted by Gasteiger charge is -2.23. The van der Waals surface area contributed by atoms with Crippen LogP contribution >= 0.6 is 0 Å². The Labute approximate surface area is 115 Å². The summed E-state index contributed by atoms with van der Waals surface area (Å²) in [5.41, 5.74) is 3.87. The van der Waals surface area contributed by atoms with Gasteiger partial charge >= 0.3 is 5.97 Å². The Morgan fingerprint density at radius 1 is 1.40 bits per heavy atom. The molecule has 108 valence electrons. The second-order valence-electron chi connectivity index (χ2n) is 4.59. The molecule has 0 saturated carbocycles. The summed E-state index contributed by atoms with van der Waals surface area (Å²) in [7, 11) is 1.20. The molecule has 8 nitrogen and oxygen atoms in total. The third-order valence-electron chi connectivity index (χ3n) is 2.68. The predicted octanol–water partition coefficient (Wildman–Crippen LogP) is 1.06. The molecule has 0 aliphatic heterocycles. The van der Waals surface area contributed by atoms with Crippen molar-refractivity contribution in [3.8, 4) is 0 Å². The van der Waals surface area contributed by atoms with Crippen molar-refractivity contribution in [2.24, 2.45) is 5.73 Å². The first-order valence-electron chi connectivity index (χ1n) is 5.64. The summed E-state index contributed by atoms with van der Waals surface area (Å²) in [6.45, 7) is 2.95. The summed E-state index contributed by atoms with van der Waals surface area (Å²) in [5.74, 6) is -1.32. The lowest BCUT2D eigenvalue weighted by atomic mass is 10.0. The van der Waals surface area contributed by atoms with Crippen molar-refractivity contribution < 1.29 is 19.2 Å². The number of anilines is 1. The molecule has 0 unspecified atom stereocenters. The van der Waals surface area contributed by atoms with Gasteiger partial charge in [0.15, 0.2) is 0 Å². The van der Waals surface area contributed by atoms with E-state index in [0.29, 0.717) is 0 Å². The predicted molar refractivity (Wildman–Crippen MR) is 71.3 cm³/mol. The highest BCUT2D eigenvalue weighted by Crippen LogP contribution is 2.28. The molecule has 0 spiro atoms. The molecule has 0 heterocycles. The van der Waals surface area contributed by atoms with Gasteiger partial charge in [0.05, 0.1) is 17.6 Å². The highest BCUT2D eigenvalue weighted by atomic mass is 16.6. The van der Waals surface area contributed by atoms with Crippen LogP contribution in [0.25, 0.3) is 0 Å². The Balaban J connectivity index is 3.29. The van der Waals surface area contributed by atoms with Crippen LogP contribution in [0.4, 0.5) is 11.4 Å². The molecule has 0 fully saturated rings. The highest BCUT2D eigenvalue weighted by Gasteiger charge is 2.28. The van der Waals surface area contributed by atoms with E-state index in [1.54, 1.807) is 0 Å². The van der Waals surface area contributed by atoms with Gasteiger partial charge in [-0.3, -0.25) is 14.9 Å². The number of nitrogens with one attached hydrogen (secondary N) is 1. The maximum Gasteiger partial charge on any atom is 0.337 e. The molecule has 1 rings (SSSR count). The number of amides is 1. The van der Waals surface area contributed by atoms with Crippen molar-refractivity contribution in [1.82, 2.24) is 0 Å². The SMILES string of the molecule is COC(=O)c1ccc([N+](=O)[O-])c(NC(C)(C)C(N)=O)c1. The number of benzene rings is 1. The maximum absolute atomic E-state index is 11.4. The number of hydrogen-bond acceptors (Lipinski definition) is 6. The number of nitrogens with zero attached hydrogens (tertiary/aromatic N) is 1. The number of esters is 1. The van der Waals surface area contributed by atoms with Crippen LogP contribution in [-0.4, -0.2) is 29.4 Å². The van der Waals surface area contributed by atoms with Crippen LogP contribution < -0.4 is 11.1 Å². The lowest BCUT2D eigenvalue weighted by molar-refractivity contribution is -0.384. The highest BCUT2D eigenvalue weighted by molar-refractivity contribution is 5.93. The number of hydrogen-bond donors (Lipinski definition) is 2. The van der Waals surface area contributed by atoms with Crippen molar-refractivity contribution in [3.63, 3.8) is 0 Å². The molecule has 0 saturated heterocycles. The largest absolute Gasteiger partial charge is 0.465 e. The van der Waals surface area contributed by atoms with Crippen molar-refractivity contribution in [3.05, 3.63) is 33.9 Å². The van der Waals surface area contributed by atoms with Crippen LogP contribution in [0.2, 0.25) is 0 Å². The number of methoxy groups -OCH3 is 1. The van der Waals surface area contributed by atoms with Crippen molar-refractivity contribution in [1.29, 1.82) is 0 Å². The van der Waals surface area contributed by atoms with E-state index in [4.69, 9.17) is 5.73 Å². The number of carbonyl (C=O) groups excluding carboxylic acids is 2. The van der Waals surface area contributed by atoms with Gasteiger partial charge in [-0.25, -0.2) is 4.79 Å². The monoisotopic (exact) mass is 281 g/mol. The third kappa shape index (κ3) is 3.22. The number of rotatable bonds is 5. The fourth-order valence-electron chi connectivity index (χ4n) is 1.44. The quantitative estimate of drug-likeness (QED) is 0.472. The number of nitro benzene ring substituents is 1. The Morgan fingerprint density at radius 2 is 2.00 bits per heavy atom. The van der Waals surface area contributed by atoms with E-state index in [9.17, 15) is 19.7 Å². The zero-order valence-corrected chi connectivity index (χ0v) is 11.3. The van der Waals surface area contributed by atoms with Crippen LogP contribution in [0.3, 0.4) is 0 Å². The normalized spacial score (nSPS) is 10.8. The van der Waals surface area contributed by atoms with Crippen LogP contribution in [0.1, 0.15) is 24.2 Å². The first-order valence-corrected chi connectivity index (χ1v) is 5.64. The topological polar surface area (TPSA) is 125 Å². The fourth-order valence-corrected chi connectivity index (χ4v) is 1.44. The van der Waals surface area contributed by atoms with E-state index in [1.165, 1.54) is 33.1 Å². The van der Waals surface area contributed by atoms with Gasteiger partial charge in [0, 0.05) is 6.07 Å². The second-order valence-corrected chi connectivity index (χ2v) is 4.59. The van der Waals surface area contributed by atoms with E-state index < -0.39 is 22.3 Å². The Bertz CT molecular complexity index is 568. The van der Waals surface area contributed by atoms with E-state index >= 15 is 0 Å². The molecular formula is C12H15N3O5. The van der Waals surface area contributed by atoms with Crippen LogP contribution in [0.15, 0.2) is 18.2 Å². The third-order valence-corrected chi connectivity index (χ3v) is 2.68. The van der Waals surface area contributed by atoms with E-state index in [1.807, 2.05) is 0 Å². The number of nitrogens with two attached hydrogens (primary N) is 1. The molecule has 0 aromatic heterocycles. The summed E-state index contributed by atoms with van der Waals surface area (Å²) in [6.07, 6.45) is 0. The first kappa shape index (κ1) is 15.4. The summed E-state index contributed by atoms with van der Waals surface area (Å²) < 4.78 is 4.54. The molecule has 1 aromatic carbocycles. The Kier molecular flexibility index (Phi) is 4.28. The zero-order valence-electron chi connectivity index (χ0n) is 11.3. The molecule has 0 radical (unpaired) electrons. The molecule has 1 amide bonds. The number of ether oxygens (including phenoxy) is 1. The van der Waals surface area contributed by atoms with Crippen molar-refractivity contribution in [2.45, 2.75) is 19.4 Å². The summed E-state index contributed by atoms with van der Waals surface area (Å²) in [5, 5.41) is 13.6. The van der Waals surface area contributed by atoms with E-state index in [-0.39, 0.29) is 16.9 Å². The Hall–Kier alpha value is -2.64. The number of primary amides is 1. The molecule has 0 bridgehead atoms. The van der Waals surface area contributed by atoms with Crippen molar-refractivity contribution in [2.75, 3.05) is 12.4 Å². The van der Waals surface area contributed by atoms with Crippen LogP contribution in [-0.2, 0) is 9.53 Å². The van der Waals surface area contributed by atoms with E-state index in [2.05, 4.69) is 10.1 Å². The smallest absolute Gasteiger partial charge is 0.337 e. The number of carbonyl (C=O) groups is 2. The van der Waals surface area contributed by atoms with Crippen LogP contribution in [0, 0.1) is 10.1 Å². The molecule has 8 heteroatoms. The van der Waals surface area contributed by atoms with Crippen molar-refractivity contribution >= 4 is 23.3 Å². The van der Waals surface area contributed by atoms with Gasteiger partial charge in [0.1, 0.15) is 11.2 Å². The van der Waals surface area contributed by atoms with Crippen LogP contribution in [0.5, 0.6) is 0 Å². The van der Waals surface area contributed by atoms with E-state index in [0.717, 1.165) is 6.07 Å². The molecule has 0 aliphatic carbocycles. The summed E-state index contributed by atoms with van der Waals surface area (Å²) in [4.78, 5) is 33.1. The number of nitro groups is 1. The van der Waals surface area contributed by atoms with Gasteiger partial charge in [-0.05, 0) is 26.0 Å².